The van der Waals surface area contributed by atoms with Crippen molar-refractivity contribution in [1.82, 2.24) is 0 Å². The molecule has 0 saturated heterocycles. The van der Waals surface area contributed by atoms with Crippen LogP contribution in [-0.2, 0) is 0 Å². The summed E-state index contributed by atoms with van der Waals surface area (Å²) in [4.78, 5) is 0. The van der Waals surface area contributed by atoms with Crippen LogP contribution >= 0.6 is 0 Å². The van der Waals surface area contributed by atoms with Crippen LogP contribution in [0.1, 0.15) is 13.8 Å². The van der Waals surface area contributed by atoms with E-state index >= 15 is 0 Å². The predicted molar refractivity (Wildman–Crippen MR) is 25.4 cm³/mol. The minimum absolute atomic E-state index is 0.942. The van der Waals surface area contributed by atoms with Crippen LogP contribution in [0.25, 0.3) is 0 Å². The Morgan fingerprint density at radius 2 is 1.80 bits per heavy atom. The Bertz CT molecular complexity index is 17.6. The molecule has 0 aliphatic carbocycles. The summed E-state index contributed by atoms with van der Waals surface area (Å²) in [6, 6.07) is 0. The molecule has 0 aromatic rings. The number of hydrogen-bond donors (Lipinski definition) is 0. The van der Waals surface area contributed by atoms with E-state index in [0.717, 1.165) is 5.92 Å². The second-order valence-corrected chi connectivity index (χ2v) is 2.97. The summed E-state index contributed by atoms with van der Waals surface area (Å²) >= 11 is 1.43. The van der Waals surface area contributed by atoms with Crippen molar-refractivity contribution < 1.29 is 0 Å². The third kappa shape index (κ3) is 4.87. The SMILES string of the molecule is CC(C)[CH2][In]. The van der Waals surface area contributed by atoms with Gasteiger partial charge in [0.2, 0.25) is 0 Å². The maximum atomic E-state index is 2.25. The molecule has 0 aromatic heterocycles. The predicted octanol–water partition coefficient (Wildman–Crippen LogP) is 1.23. The van der Waals surface area contributed by atoms with Crippen molar-refractivity contribution in [3.8, 4) is 0 Å². The zero-order chi connectivity index (χ0) is 4.28. The summed E-state index contributed by atoms with van der Waals surface area (Å²) in [5, 5.41) is 0. The molecular formula is C4H9In. The van der Waals surface area contributed by atoms with E-state index in [9.17, 15) is 0 Å². The van der Waals surface area contributed by atoms with Gasteiger partial charge in [-0.25, -0.2) is 0 Å². The van der Waals surface area contributed by atoms with Gasteiger partial charge in [0.25, 0.3) is 0 Å². The molecule has 0 unspecified atom stereocenters. The van der Waals surface area contributed by atoms with Crippen molar-refractivity contribution in [3.63, 3.8) is 0 Å². The summed E-state index contributed by atoms with van der Waals surface area (Å²) in [5.74, 6) is 0.942. The van der Waals surface area contributed by atoms with E-state index < -0.39 is 0 Å². The van der Waals surface area contributed by atoms with Crippen molar-refractivity contribution in [2.24, 2.45) is 5.92 Å². The van der Waals surface area contributed by atoms with E-state index in [-0.39, 0.29) is 0 Å². The first-order chi connectivity index (χ1) is 2.27. The van der Waals surface area contributed by atoms with Gasteiger partial charge in [0, 0.05) is 0 Å². The summed E-state index contributed by atoms with van der Waals surface area (Å²) in [6.45, 7) is 4.51. The molecule has 28 valence electrons. The van der Waals surface area contributed by atoms with Crippen LogP contribution in [0, 0.1) is 5.92 Å². The summed E-state index contributed by atoms with van der Waals surface area (Å²) in [7, 11) is 0. The van der Waals surface area contributed by atoms with Gasteiger partial charge in [0.05, 0.1) is 0 Å². The van der Waals surface area contributed by atoms with Gasteiger partial charge in [-0.3, -0.25) is 0 Å². The van der Waals surface area contributed by atoms with Crippen molar-refractivity contribution in [3.05, 3.63) is 0 Å². The first-order valence-electron chi connectivity index (χ1n) is 1.97. The van der Waals surface area contributed by atoms with Crippen LogP contribution in [-0.4, -0.2) is 24.4 Å². The Kier molecular flexibility index (Phi) is 3.61. The molecule has 0 aliphatic heterocycles. The van der Waals surface area contributed by atoms with Gasteiger partial charge in [-0.15, -0.1) is 0 Å². The van der Waals surface area contributed by atoms with E-state index in [4.69, 9.17) is 0 Å². The average Bonchev–Trinajstić information content (AvgIpc) is 1.38. The fourth-order valence-corrected chi connectivity index (χ4v) is 0. The molecular weight excluding hydrogens is 163 g/mol. The van der Waals surface area contributed by atoms with Crippen molar-refractivity contribution in [2.45, 2.75) is 18.0 Å². The molecule has 0 aromatic carbocycles. The van der Waals surface area contributed by atoms with Crippen molar-refractivity contribution >= 4 is 24.4 Å². The minimum atomic E-state index is 0.942. The van der Waals surface area contributed by atoms with E-state index in [1.54, 1.807) is 0 Å². The molecule has 0 nitrogen and oxygen atoms in total. The molecule has 0 spiro atoms. The van der Waals surface area contributed by atoms with E-state index in [1.807, 2.05) is 0 Å². The molecule has 5 heavy (non-hydrogen) atoms. The van der Waals surface area contributed by atoms with Crippen molar-refractivity contribution in [2.75, 3.05) is 0 Å². The molecule has 0 atom stereocenters. The molecule has 0 saturated carbocycles. The molecule has 0 fully saturated rings. The number of hydrogen-bond acceptors (Lipinski definition) is 0. The fourth-order valence-electron chi connectivity index (χ4n) is 0. The average molecular weight is 172 g/mol. The van der Waals surface area contributed by atoms with Gasteiger partial charge in [-0.05, 0) is 0 Å². The summed E-state index contributed by atoms with van der Waals surface area (Å²) in [6.07, 6.45) is 0. The number of rotatable bonds is 1. The van der Waals surface area contributed by atoms with Gasteiger partial charge in [0.1, 0.15) is 0 Å². The first-order valence-corrected chi connectivity index (χ1v) is 4.30. The summed E-state index contributed by atoms with van der Waals surface area (Å²) in [5.41, 5.74) is 0. The normalized spacial score (nSPS) is 9.40. The Morgan fingerprint density at radius 3 is 1.80 bits per heavy atom. The second kappa shape index (κ2) is 3.08. The molecule has 1 heteroatoms. The van der Waals surface area contributed by atoms with Gasteiger partial charge in [-0.2, -0.15) is 0 Å². The zero-order valence-corrected chi connectivity index (χ0v) is 7.16. The Labute approximate surface area is 48.5 Å². The summed E-state index contributed by atoms with van der Waals surface area (Å²) < 4.78 is 1.44. The van der Waals surface area contributed by atoms with Gasteiger partial charge in [0.15, 0.2) is 0 Å². The van der Waals surface area contributed by atoms with Crippen LogP contribution in [0.15, 0.2) is 0 Å². The van der Waals surface area contributed by atoms with Gasteiger partial charge < -0.3 is 0 Å². The Morgan fingerprint density at radius 1 is 1.60 bits per heavy atom. The second-order valence-electron chi connectivity index (χ2n) is 1.63. The van der Waals surface area contributed by atoms with Crippen LogP contribution < -0.4 is 0 Å². The monoisotopic (exact) mass is 172 g/mol. The first kappa shape index (κ1) is 5.87. The standard InChI is InChI=1S/C4H9.In/c1-4(2)3;/h4H,1H2,2-3H3;. The van der Waals surface area contributed by atoms with E-state index in [1.165, 1.54) is 28.6 Å². The third-order valence-corrected chi connectivity index (χ3v) is 3.16. The molecule has 0 aliphatic rings. The Balaban J connectivity index is 2.54. The molecule has 0 rings (SSSR count). The molecule has 0 heterocycles. The molecule has 2 radical (unpaired) electrons. The fraction of sp³-hybridized carbons (Fsp3) is 1.00. The van der Waals surface area contributed by atoms with Crippen LogP contribution in [0.5, 0.6) is 0 Å². The third-order valence-electron chi connectivity index (χ3n) is 0.471. The van der Waals surface area contributed by atoms with Crippen LogP contribution in [0.3, 0.4) is 0 Å². The van der Waals surface area contributed by atoms with Gasteiger partial charge in [-0.1, -0.05) is 0 Å². The van der Waals surface area contributed by atoms with Crippen LogP contribution in [0.4, 0.5) is 0 Å². The quantitative estimate of drug-likeness (QED) is 0.557. The van der Waals surface area contributed by atoms with Gasteiger partial charge >= 0.3 is 48.3 Å². The van der Waals surface area contributed by atoms with E-state index in [2.05, 4.69) is 13.8 Å². The molecule has 0 bridgehead atoms. The van der Waals surface area contributed by atoms with E-state index in [0.29, 0.717) is 0 Å². The Hall–Kier alpha value is 0.870. The molecule has 0 N–H and O–H groups in total. The topological polar surface area (TPSA) is 0 Å². The molecule has 0 amide bonds. The zero-order valence-electron chi connectivity index (χ0n) is 3.86. The van der Waals surface area contributed by atoms with Crippen molar-refractivity contribution in [1.29, 1.82) is 0 Å². The van der Waals surface area contributed by atoms with Crippen LogP contribution in [0.2, 0.25) is 4.18 Å². The maximum absolute atomic E-state index is 2.25.